The van der Waals surface area contributed by atoms with E-state index in [1.54, 1.807) is 17.9 Å². The summed E-state index contributed by atoms with van der Waals surface area (Å²) in [5, 5.41) is 29.6. The zero-order chi connectivity index (χ0) is 23.0. The summed E-state index contributed by atoms with van der Waals surface area (Å²) in [6, 6.07) is 3.99. The molecule has 3 heterocycles. The second kappa shape index (κ2) is 8.84. The number of rotatable bonds is 7. The largest absolute Gasteiger partial charge is 0.508 e. The highest BCUT2D eigenvalue weighted by Gasteiger charge is 2.54. The number of β-lactam (4-membered cyclic amide) rings is 1. The van der Waals surface area contributed by atoms with Gasteiger partial charge in [-0.2, -0.15) is 0 Å². The molecule has 1 aromatic carbocycles. The van der Waals surface area contributed by atoms with E-state index in [0.717, 1.165) is 0 Å². The number of hydrogen-bond donors (Lipinski definition) is 4. The third-order valence-electron chi connectivity index (χ3n) is 5.13. The Morgan fingerprint density at radius 1 is 1.38 bits per heavy atom. The zero-order valence-electron chi connectivity index (χ0n) is 16.8. The Labute approximate surface area is 191 Å². The first-order valence-corrected chi connectivity index (χ1v) is 11.5. The van der Waals surface area contributed by atoms with Gasteiger partial charge in [0, 0.05) is 18.6 Å². The van der Waals surface area contributed by atoms with E-state index in [0.29, 0.717) is 27.8 Å². The summed E-state index contributed by atoms with van der Waals surface area (Å²) in [7, 11) is 1.79. The lowest BCUT2D eigenvalue weighted by atomic mass is 10.0. The van der Waals surface area contributed by atoms with Gasteiger partial charge in [0.05, 0.1) is 0 Å². The molecule has 2 aliphatic rings. The monoisotopic (exact) mass is 476 g/mol. The van der Waals surface area contributed by atoms with Gasteiger partial charge in [0.15, 0.2) is 5.16 Å². The average Bonchev–Trinajstić information content (AvgIpc) is 3.19. The first-order valence-electron chi connectivity index (χ1n) is 9.49. The number of phenolic OH excluding ortho intramolecular Hbond substituents is 1. The van der Waals surface area contributed by atoms with Gasteiger partial charge in [-0.25, -0.2) is 4.79 Å². The Balaban J connectivity index is 1.45. The van der Waals surface area contributed by atoms with Crippen LogP contribution < -0.4 is 11.1 Å². The molecule has 1 saturated heterocycles. The second-order valence-electron chi connectivity index (χ2n) is 7.24. The van der Waals surface area contributed by atoms with E-state index in [4.69, 9.17) is 5.73 Å². The highest BCUT2D eigenvalue weighted by molar-refractivity contribution is 8.01. The number of nitrogens with zero attached hydrogens (tertiary/aromatic N) is 4. The average molecular weight is 477 g/mol. The lowest BCUT2D eigenvalue weighted by molar-refractivity contribution is -0.150. The standard InChI is InChI=1S/C19H20N6O5S2/c1-24-8-21-23-19(24)32-7-10-6-31-17-13(16(28)25(17)14(10)18(29)30)22-15(27)12(20)9-2-4-11(26)5-3-9/h2-5,8,12-13,17,26H,6-7,20H2,1H3,(H,22,27)(H,29,30)/t12?,13?,17-/m1/s1. The molecular formula is C19H20N6O5S2. The van der Waals surface area contributed by atoms with Crippen LogP contribution in [0.2, 0.25) is 0 Å². The van der Waals surface area contributed by atoms with Gasteiger partial charge in [0.25, 0.3) is 5.91 Å². The molecule has 0 spiro atoms. The fraction of sp³-hybridized carbons (Fsp3) is 0.316. The minimum atomic E-state index is -1.19. The number of carboxylic acids is 1. The van der Waals surface area contributed by atoms with Gasteiger partial charge in [-0.05, 0) is 23.3 Å². The third kappa shape index (κ3) is 4.06. The third-order valence-corrected chi connectivity index (χ3v) is 7.59. The fourth-order valence-corrected chi connectivity index (χ4v) is 5.80. The molecule has 5 N–H and O–H groups in total. The highest BCUT2D eigenvalue weighted by atomic mass is 32.2. The van der Waals surface area contributed by atoms with Gasteiger partial charge >= 0.3 is 5.97 Å². The van der Waals surface area contributed by atoms with Crippen molar-refractivity contribution < 1.29 is 24.6 Å². The van der Waals surface area contributed by atoms with Gasteiger partial charge in [-0.1, -0.05) is 23.9 Å². The van der Waals surface area contributed by atoms with Crippen LogP contribution >= 0.6 is 23.5 Å². The summed E-state index contributed by atoms with van der Waals surface area (Å²) < 4.78 is 1.72. The van der Waals surface area contributed by atoms with Crippen molar-refractivity contribution in [1.82, 2.24) is 25.0 Å². The van der Waals surface area contributed by atoms with Crippen LogP contribution in [-0.2, 0) is 21.4 Å². The molecule has 11 nitrogen and oxygen atoms in total. The second-order valence-corrected chi connectivity index (χ2v) is 9.28. The number of amides is 2. The molecule has 2 amide bonds. The van der Waals surface area contributed by atoms with Crippen molar-refractivity contribution in [3.05, 3.63) is 47.4 Å². The van der Waals surface area contributed by atoms with Crippen molar-refractivity contribution in [2.24, 2.45) is 12.8 Å². The first kappa shape index (κ1) is 22.2. The number of hydrogen-bond acceptors (Lipinski definition) is 9. The summed E-state index contributed by atoms with van der Waals surface area (Å²) in [5.41, 5.74) is 7.01. The molecule has 4 rings (SSSR count). The number of aryl methyl sites for hydroxylation is 1. The number of fused-ring (bicyclic) bond motifs is 1. The number of carboxylic acid groups (broad SMARTS) is 1. The van der Waals surface area contributed by atoms with Crippen LogP contribution in [-0.4, -0.2) is 70.6 Å². The van der Waals surface area contributed by atoms with Crippen LogP contribution in [0.15, 0.2) is 47.0 Å². The molecule has 1 aromatic heterocycles. The van der Waals surface area contributed by atoms with E-state index < -0.39 is 35.2 Å². The summed E-state index contributed by atoms with van der Waals surface area (Å²) in [5.74, 6) is -1.45. The molecule has 13 heteroatoms. The van der Waals surface area contributed by atoms with Crippen LogP contribution in [0.4, 0.5) is 0 Å². The fourth-order valence-electron chi connectivity index (χ4n) is 3.43. The molecule has 0 aliphatic carbocycles. The smallest absolute Gasteiger partial charge is 0.352 e. The summed E-state index contributed by atoms with van der Waals surface area (Å²) in [6.45, 7) is 0. The van der Waals surface area contributed by atoms with E-state index in [-0.39, 0.29) is 11.4 Å². The lowest BCUT2D eigenvalue weighted by Crippen LogP contribution is -2.71. The molecule has 0 saturated carbocycles. The predicted molar refractivity (Wildman–Crippen MR) is 116 cm³/mol. The topological polar surface area (TPSA) is 164 Å². The molecule has 1 fully saturated rings. The molecule has 0 bridgehead atoms. The summed E-state index contributed by atoms with van der Waals surface area (Å²) >= 11 is 2.72. The van der Waals surface area contributed by atoms with E-state index in [2.05, 4.69) is 15.5 Å². The van der Waals surface area contributed by atoms with Crippen molar-refractivity contribution in [2.45, 2.75) is 22.6 Å². The maximum atomic E-state index is 12.8. The van der Waals surface area contributed by atoms with Crippen molar-refractivity contribution in [3.63, 3.8) is 0 Å². The van der Waals surface area contributed by atoms with Crippen LogP contribution in [0.25, 0.3) is 0 Å². The molecule has 2 aliphatic heterocycles. The Morgan fingerprint density at radius 3 is 2.72 bits per heavy atom. The Kier molecular flexibility index (Phi) is 6.13. The highest BCUT2D eigenvalue weighted by Crippen LogP contribution is 2.41. The number of aromatic hydroxyl groups is 1. The molecule has 32 heavy (non-hydrogen) atoms. The van der Waals surface area contributed by atoms with Crippen molar-refractivity contribution in [2.75, 3.05) is 11.5 Å². The maximum Gasteiger partial charge on any atom is 0.352 e. The van der Waals surface area contributed by atoms with Crippen LogP contribution in [0.5, 0.6) is 5.75 Å². The summed E-state index contributed by atoms with van der Waals surface area (Å²) in [6.07, 6.45) is 1.55. The Hall–Kier alpha value is -3.03. The molecule has 3 atom stereocenters. The number of carbonyl (C=O) groups excluding carboxylic acids is 2. The normalized spacial score (nSPS) is 21.1. The Bertz CT molecular complexity index is 1100. The van der Waals surface area contributed by atoms with Crippen LogP contribution in [0.1, 0.15) is 11.6 Å². The van der Waals surface area contributed by atoms with Crippen LogP contribution in [0, 0.1) is 0 Å². The van der Waals surface area contributed by atoms with Crippen LogP contribution in [0.3, 0.4) is 0 Å². The van der Waals surface area contributed by atoms with Crippen molar-refractivity contribution in [3.8, 4) is 5.75 Å². The summed E-state index contributed by atoms with van der Waals surface area (Å²) in [4.78, 5) is 38.5. The number of nitrogens with two attached hydrogens (primary N) is 1. The molecule has 168 valence electrons. The quantitative estimate of drug-likeness (QED) is 0.317. The SMILES string of the molecule is Cn1cnnc1SCC1=C(C(=O)O)N2C(=O)C(NC(=O)C(N)c3ccc(O)cc3)[C@H]2SC1. The van der Waals surface area contributed by atoms with Gasteiger partial charge < -0.3 is 25.8 Å². The number of benzene rings is 1. The predicted octanol–water partition coefficient (Wildman–Crippen LogP) is 0.0514. The molecule has 2 unspecified atom stereocenters. The minimum absolute atomic E-state index is 0.0471. The number of nitrogens with one attached hydrogen (secondary N) is 1. The molecule has 2 aromatic rings. The van der Waals surface area contributed by atoms with E-state index in [1.807, 2.05) is 0 Å². The number of thioether (sulfide) groups is 2. The van der Waals surface area contributed by atoms with Gasteiger partial charge in [-0.15, -0.1) is 22.0 Å². The zero-order valence-corrected chi connectivity index (χ0v) is 18.5. The number of aromatic nitrogens is 3. The van der Waals surface area contributed by atoms with Crippen molar-refractivity contribution >= 4 is 41.3 Å². The van der Waals surface area contributed by atoms with Crippen molar-refractivity contribution in [1.29, 1.82) is 0 Å². The number of phenols is 1. The minimum Gasteiger partial charge on any atom is -0.508 e. The molecule has 0 radical (unpaired) electrons. The van der Waals surface area contributed by atoms with E-state index in [9.17, 15) is 24.6 Å². The van der Waals surface area contributed by atoms with Gasteiger partial charge in [-0.3, -0.25) is 14.5 Å². The molecular weight excluding hydrogens is 456 g/mol. The van der Waals surface area contributed by atoms with E-state index >= 15 is 0 Å². The van der Waals surface area contributed by atoms with Gasteiger partial charge in [0.2, 0.25) is 5.91 Å². The maximum absolute atomic E-state index is 12.8. The first-order chi connectivity index (χ1) is 15.3. The lowest BCUT2D eigenvalue weighted by Gasteiger charge is -2.49. The number of carbonyl (C=O) groups is 3. The number of aliphatic carboxylic acids is 1. The van der Waals surface area contributed by atoms with E-state index in [1.165, 1.54) is 52.7 Å². The van der Waals surface area contributed by atoms with Gasteiger partial charge in [0.1, 0.15) is 35.2 Å². The Morgan fingerprint density at radius 2 is 2.09 bits per heavy atom.